The first-order valence-electron chi connectivity index (χ1n) is 7.71. The molecule has 116 valence electrons. The second-order valence-corrected chi connectivity index (χ2v) is 5.77. The van der Waals surface area contributed by atoms with E-state index in [4.69, 9.17) is 0 Å². The van der Waals surface area contributed by atoms with Crippen LogP contribution in [0.15, 0.2) is 60.9 Å². The normalized spacial score (nSPS) is 10.9. The third-order valence-corrected chi connectivity index (χ3v) is 4.10. The summed E-state index contributed by atoms with van der Waals surface area (Å²) in [5, 5.41) is 7.84. The molecular weight excluding hydrogens is 298 g/mol. The highest BCUT2D eigenvalue weighted by molar-refractivity contribution is 5.98. The van der Waals surface area contributed by atoms with Crippen LogP contribution in [-0.2, 0) is 0 Å². The molecule has 1 N–H and O–H groups in total. The Balaban J connectivity index is 1.96. The molecule has 4 rings (SSSR count). The van der Waals surface area contributed by atoms with Crippen LogP contribution in [-0.4, -0.2) is 21.5 Å². The maximum absolute atomic E-state index is 11.1. The number of H-pyrrole nitrogens is 1. The first kappa shape index (κ1) is 14.3. The summed E-state index contributed by atoms with van der Waals surface area (Å²) >= 11 is 0. The summed E-state index contributed by atoms with van der Waals surface area (Å²) in [5.41, 5.74) is 6.80. The van der Waals surface area contributed by atoms with Gasteiger partial charge in [-0.05, 0) is 53.9 Å². The van der Waals surface area contributed by atoms with Gasteiger partial charge in [0.25, 0.3) is 0 Å². The van der Waals surface area contributed by atoms with E-state index in [0.29, 0.717) is 5.56 Å². The Labute approximate surface area is 139 Å². The SMILES string of the molecule is Cc1cc(-c2cccc(-c3cn[nH]c3)c2)c2cc(C=O)ccc2n1. The van der Waals surface area contributed by atoms with Gasteiger partial charge in [0.15, 0.2) is 0 Å². The Morgan fingerprint density at radius 2 is 1.88 bits per heavy atom. The van der Waals surface area contributed by atoms with Crippen LogP contribution in [0.25, 0.3) is 33.2 Å². The lowest BCUT2D eigenvalue weighted by Gasteiger charge is -2.10. The number of nitrogens with one attached hydrogen (secondary N) is 1. The summed E-state index contributed by atoms with van der Waals surface area (Å²) < 4.78 is 0. The van der Waals surface area contributed by atoms with Gasteiger partial charge in [0, 0.05) is 28.4 Å². The zero-order valence-corrected chi connectivity index (χ0v) is 13.2. The number of aryl methyl sites for hydroxylation is 1. The molecule has 0 spiro atoms. The van der Waals surface area contributed by atoms with Crippen LogP contribution in [0.5, 0.6) is 0 Å². The molecule has 0 saturated heterocycles. The first-order valence-corrected chi connectivity index (χ1v) is 7.71. The van der Waals surface area contributed by atoms with Crippen molar-refractivity contribution in [3.63, 3.8) is 0 Å². The van der Waals surface area contributed by atoms with Crippen molar-refractivity contribution in [1.29, 1.82) is 0 Å². The van der Waals surface area contributed by atoms with Gasteiger partial charge in [0.2, 0.25) is 0 Å². The number of carbonyl (C=O) groups is 1. The summed E-state index contributed by atoms with van der Waals surface area (Å²) in [7, 11) is 0. The van der Waals surface area contributed by atoms with E-state index in [9.17, 15) is 4.79 Å². The largest absolute Gasteiger partial charge is 0.298 e. The maximum atomic E-state index is 11.1. The van der Waals surface area contributed by atoms with E-state index in [-0.39, 0.29) is 0 Å². The van der Waals surface area contributed by atoms with E-state index in [1.807, 2.05) is 31.3 Å². The van der Waals surface area contributed by atoms with Crippen LogP contribution < -0.4 is 0 Å². The van der Waals surface area contributed by atoms with Crippen molar-refractivity contribution in [3.8, 4) is 22.3 Å². The van der Waals surface area contributed by atoms with Crippen molar-refractivity contribution in [3.05, 3.63) is 72.2 Å². The molecule has 0 aliphatic rings. The topological polar surface area (TPSA) is 58.6 Å². The van der Waals surface area contributed by atoms with Gasteiger partial charge in [0.1, 0.15) is 6.29 Å². The molecule has 0 saturated carbocycles. The number of pyridine rings is 1. The van der Waals surface area contributed by atoms with Gasteiger partial charge < -0.3 is 0 Å². The number of benzene rings is 2. The fourth-order valence-corrected chi connectivity index (χ4v) is 2.96. The molecule has 4 heteroatoms. The number of rotatable bonds is 3. The molecule has 0 radical (unpaired) electrons. The number of aromatic nitrogens is 3. The Morgan fingerprint density at radius 1 is 1.00 bits per heavy atom. The summed E-state index contributed by atoms with van der Waals surface area (Å²) in [6.07, 6.45) is 4.55. The van der Waals surface area contributed by atoms with Crippen LogP contribution in [0, 0.1) is 6.92 Å². The standard InChI is InChI=1S/C20H15N3O/c1-13-7-18(19-8-14(12-24)5-6-20(19)23-13)16-4-2-3-15(9-16)17-10-21-22-11-17/h2-12H,1H3,(H,21,22). The molecule has 0 aliphatic heterocycles. The van der Waals surface area contributed by atoms with Crippen LogP contribution in [0.3, 0.4) is 0 Å². The van der Waals surface area contributed by atoms with Crippen LogP contribution >= 0.6 is 0 Å². The molecule has 0 fully saturated rings. The lowest BCUT2D eigenvalue weighted by Crippen LogP contribution is -1.91. The molecule has 4 nitrogen and oxygen atoms in total. The molecule has 0 bridgehead atoms. The zero-order chi connectivity index (χ0) is 16.5. The van der Waals surface area contributed by atoms with E-state index >= 15 is 0 Å². The van der Waals surface area contributed by atoms with Crippen molar-refractivity contribution < 1.29 is 4.79 Å². The molecule has 2 aromatic heterocycles. The maximum Gasteiger partial charge on any atom is 0.150 e. The number of hydrogen-bond acceptors (Lipinski definition) is 3. The van der Waals surface area contributed by atoms with Gasteiger partial charge >= 0.3 is 0 Å². The van der Waals surface area contributed by atoms with Crippen molar-refractivity contribution >= 4 is 17.2 Å². The van der Waals surface area contributed by atoms with Gasteiger partial charge in [-0.1, -0.05) is 18.2 Å². The second-order valence-electron chi connectivity index (χ2n) is 5.77. The third kappa shape index (κ3) is 2.48. The van der Waals surface area contributed by atoms with E-state index in [1.54, 1.807) is 12.3 Å². The fraction of sp³-hybridized carbons (Fsp3) is 0.0500. The number of carbonyl (C=O) groups excluding carboxylic acids is 1. The second kappa shape index (κ2) is 5.74. The Bertz CT molecular complexity index is 1040. The summed E-state index contributed by atoms with van der Waals surface area (Å²) in [4.78, 5) is 15.7. The molecule has 0 aliphatic carbocycles. The van der Waals surface area contributed by atoms with Crippen LogP contribution in [0.1, 0.15) is 16.1 Å². The minimum Gasteiger partial charge on any atom is -0.298 e. The highest BCUT2D eigenvalue weighted by Gasteiger charge is 2.09. The predicted octanol–water partition coefficient (Wildman–Crippen LogP) is 4.41. The van der Waals surface area contributed by atoms with E-state index < -0.39 is 0 Å². The van der Waals surface area contributed by atoms with E-state index in [2.05, 4.69) is 39.4 Å². The lowest BCUT2D eigenvalue weighted by atomic mass is 9.96. The molecule has 0 unspecified atom stereocenters. The van der Waals surface area contributed by atoms with Gasteiger partial charge in [-0.25, -0.2) is 0 Å². The molecule has 4 aromatic rings. The number of hydrogen-bond donors (Lipinski definition) is 1. The van der Waals surface area contributed by atoms with E-state index in [1.165, 1.54) is 0 Å². The smallest absolute Gasteiger partial charge is 0.150 e. The van der Waals surface area contributed by atoms with Crippen LogP contribution in [0.4, 0.5) is 0 Å². The van der Waals surface area contributed by atoms with Crippen molar-refractivity contribution in [1.82, 2.24) is 15.2 Å². The van der Waals surface area contributed by atoms with Crippen molar-refractivity contribution in [2.75, 3.05) is 0 Å². The minimum absolute atomic E-state index is 0.653. The first-order chi connectivity index (χ1) is 11.7. The number of aromatic amines is 1. The zero-order valence-electron chi connectivity index (χ0n) is 13.2. The van der Waals surface area contributed by atoms with Crippen molar-refractivity contribution in [2.45, 2.75) is 6.92 Å². The van der Waals surface area contributed by atoms with Crippen molar-refractivity contribution in [2.24, 2.45) is 0 Å². The minimum atomic E-state index is 0.653. The van der Waals surface area contributed by atoms with Gasteiger partial charge in [0.05, 0.1) is 11.7 Å². The number of fused-ring (bicyclic) bond motifs is 1. The van der Waals surface area contributed by atoms with Gasteiger partial charge in [-0.15, -0.1) is 0 Å². The molecule has 2 heterocycles. The highest BCUT2D eigenvalue weighted by atomic mass is 16.1. The number of aldehydes is 1. The van der Waals surface area contributed by atoms with Crippen LogP contribution in [0.2, 0.25) is 0 Å². The molecule has 2 aromatic carbocycles. The summed E-state index contributed by atoms with van der Waals surface area (Å²) in [6.45, 7) is 1.98. The van der Waals surface area contributed by atoms with Gasteiger partial charge in [-0.2, -0.15) is 5.10 Å². The summed E-state index contributed by atoms with van der Waals surface area (Å²) in [5.74, 6) is 0. The van der Waals surface area contributed by atoms with Gasteiger partial charge in [-0.3, -0.25) is 14.9 Å². The van der Waals surface area contributed by atoms with E-state index in [0.717, 1.165) is 45.1 Å². The lowest BCUT2D eigenvalue weighted by molar-refractivity contribution is 0.112. The average Bonchev–Trinajstić information content (AvgIpc) is 3.15. The third-order valence-electron chi connectivity index (χ3n) is 4.10. The highest BCUT2D eigenvalue weighted by Crippen LogP contribution is 2.31. The molecule has 0 amide bonds. The molecule has 0 atom stereocenters. The Kier molecular flexibility index (Phi) is 3.43. The Hall–Kier alpha value is -3.27. The molecular formula is C20H15N3O. The quantitative estimate of drug-likeness (QED) is 0.570. The molecule has 24 heavy (non-hydrogen) atoms. The number of nitrogens with zero attached hydrogens (tertiary/aromatic N) is 2. The average molecular weight is 313 g/mol. The predicted molar refractivity (Wildman–Crippen MR) is 94.9 cm³/mol. The summed E-state index contributed by atoms with van der Waals surface area (Å²) in [6, 6.07) is 15.9. The fourth-order valence-electron chi connectivity index (χ4n) is 2.96. The Morgan fingerprint density at radius 3 is 2.67 bits per heavy atom. The monoisotopic (exact) mass is 313 g/mol.